The van der Waals surface area contributed by atoms with E-state index in [1.807, 2.05) is 0 Å². The van der Waals surface area contributed by atoms with Gasteiger partial charge >= 0.3 is 6.03 Å². The molecule has 0 bridgehead atoms. The molecular weight excluding hydrogens is 303 g/mol. The summed E-state index contributed by atoms with van der Waals surface area (Å²) in [6.07, 6.45) is 1.71. The van der Waals surface area contributed by atoms with Crippen LogP contribution in [0.1, 0.15) is 12.8 Å². The first-order valence-corrected chi connectivity index (χ1v) is 6.54. The number of carbonyl (C=O) groups is 1. The summed E-state index contributed by atoms with van der Waals surface area (Å²) in [7, 11) is 0. The molecule has 4 nitrogen and oxygen atoms in total. The zero-order valence-corrected chi connectivity index (χ0v) is 11.3. The summed E-state index contributed by atoms with van der Waals surface area (Å²) in [5.74, 6) is -0.373. The Bertz CT molecular complexity index is 456. The molecule has 1 fully saturated rings. The molecule has 1 heterocycles. The van der Waals surface area contributed by atoms with Crippen molar-refractivity contribution in [1.29, 1.82) is 0 Å². The molecule has 6 heteroatoms. The maximum Gasteiger partial charge on any atom is 0.322 e. The smallest absolute Gasteiger partial charge is 0.322 e. The van der Waals surface area contributed by atoms with Gasteiger partial charge in [0.1, 0.15) is 5.82 Å². The molecule has 18 heavy (non-hydrogen) atoms. The zero-order chi connectivity index (χ0) is 13.1. The van der Waals surface area contributed by atoms with Crippen molar-refractivity contribution in [2.24, 2.45) is 0 Å². The largest absolute Gasteiger partial charge is 0.394 e. The molecule has 0 unspecified atom stereocenters. The van der Waals surface area contributed by atoms with Gasteiger partial charge in [0.2, 0.25) is 0 Å². The summed E-state index contributed by atoms with van der Waals surface area (Å²) >= 11 is 3.07. The van der Waals surface area contributed by atoms with Crippen LogP contribution in [0.25, 0.3) is 0 Å². The minimum absolute atomic E-state index is 0.0272. The molecule has 0 spiro atoms. The zero-order valence-electron chi connectivity index (χ0n) is 9.70. The van der Waals surface area contributed by atoms with E-state index >= 15 is 0 Å². The predicted molar refractivity (Wildman–Crippen MR) is 69.9 cm³/mol. The van der Waals surface area contributed by atoms with E-state index < -0.39 is 0 Å². The average molecular weight is 317 g/mol. The first kappa shape index (κ1) is 13.3. The average Bonchev–Trinajstić information content (AvgIpc) is 2.82. The SMILES string of the molecule is O=C(Nc1ccc(F)c(Br)c1)N1CCC[C@@H]1CO. The molecule has 0 radical (unpaired) electrons. The lowest BCUT2D eigenvalue weighted by molar-refractivity contribution is 0.166. The number of urea groups is 1. The number of likely N-dealkylation sites (tertiary alicyclic amines) is 1. The number of halogens is 2. The van der Waals surface area contributed by atoms with Gasteiger partial charge in [-0.2, -0.15) is 0 Å². The Morgan fingerprint density at radius 1 is 1.61 bits per heavy atom. The highest BCUT2D eigenvalue weighted by molar-refractivity contribution is 9.10. The molecule has 1 aliphatic heterocycles. The van der Waals surface area contributed by atoms with Crippen molar-refractivity contribution in [2.75, 3.05) is 18.5 Å². The van der Waals surface area contributed by atoms with Gasteiger partial charge in [0.15, 0.2) is 0 Å². The van der Waals surface area contributed by atoms with Crippen LogP contribution in [0.3, 0.4) is 0 Å². The monoisotopic (exact) mass is 316 g/mol. The summed E-state index contributed by atoms with van der Waals surface area (Å²) in [5.41, 5.74) is 0.525. The topological polar surface area (TPSA) is 52.6 Å². The van der Waals surface area contributed by atoms with E-state index in [4.69, 9.17) is 5.11 Å². The summed E-state index contributed by atoms with van der Waals surface area (Å²) in [5, 5.41) is 11.8. The van der Waals surface area contributed by atoms with Gasteiger partial charge in [-0.25, -0.2) is 9.18 Å². The van der Waals surface area contributed by atoms with E-state index in [1.54, 1.807) is 4.90 Å². The van der Waals surface area contributed by atoms with E-state index in [0.29, 0.717) is 16.7 Å². The van der Waals surface area contributed by atoms with Crippen LogP contribution in [0.15, 0.2) is 22.7 Å². The maximum absolute atomic E-state index is 13.1. The number of amides is 2. The normalized spacial score (nSPS) is 19.1. The minimum atomic E-state index is -0.373. The van der Waals surface area contributed by atoms with Crippen LogP contribution in [-0.4, -0.2) is 35.2 Å². The number of benzene rings is 1. The number of anilines is 1. The van der Waals surface area contributed by atoms with Crippen molar-refractivity contribution in [3.05, 3.63) is 28.5 Å². The quantitative estimate of drug-likeness (QED) is 0.881. The Morgan fingerprint density at radius 3 is 3.06 bits per heavy atom. The van der Waals surface area contributed by atoms with E-state index in [9.17, 15) is 9.18 Å². The number of nitrogens with one attached hydrogen (secondary N) is 1. The van der Waals surface area contributed by atoms with Crippen LogP contribution in [0.4, 0.5) is 14.9 Å². The molecular formula is C12H14BrFN2O2. The lowest BCUT2D eigenvalue weighted by atomic mass is 10.2. The molecule has 0 saturated carbocycles. The molecule has 0 aromatic heterocycles. The molecule has 2 rings (SSSR count). The van der Waals surface area contributed by atoms with Crippen LogP contribution < -0.4 is 5.32 Å². The molecule has 1 aromatic rings. The summed E-state index contributed by atoms with van der Waals surface area (Å²) in [4.78, 5) is 13.6. The molecule has 2 N–H and O–H groups in total. The number of rotatable bonds is 2. The number of aliphatic hydroxyl groups excluding tert-OH is 1. The fourth-order valence-electron chi connectivity index (χ4n) is 2.06. The fraction of sp³-hybridized carbons (Fsp3) is 0.417. The molecule has 0 aliphatic carbocycles. The van der Waals surface area contributed by atoms with Crippen molar-refractivity contribution in [3.8, 4) is 0 Å². The summed E-state index contributed by atoms with van der Waals surface area (Å²) in [6.45, 7) is 0.611. The van der Waals surface area contributed by atoms with Crippen LogP contribution in [0.2, 0.25) is 0 Å². The van der Waals surface area contributed by atoms with E-state index in [1.165, 1.54) is 18.2 Å². The third kappa shape index (κ3) is 2.81. The van der Waals surface area contributed by atoms with Gasteiger partial charge in [-0.3, -0.25) is 0 Å². The highest BCUT2D eigenvalue weighted by Crippen LogP contribution is 2.22. The molecule has 2 amide bonds. The van der Waals surface area contributed by atoms with Gasteiger partial charge in [-0.15, -0.1) is 0 Å². The fourth-order valence-corrected chi connectivity index (χ4v) is 2.44. The molecule has 1 saturated heterocycles. The van der Waals surface area contributed by atoms with Gasteiger partial charge in [-0.05, 0) is 47.0 Å². The summed E-state index contributed by atoms with van der Waals surface area (Å²) in [6, 6.07) is 3.92. The molecule has 98 valence electrons. The van der Waals surface area contributed by atoms with Gasteiger partial charge in [0.05, 0.1) is 17.1 Å². The van der Waals surface area contributed by atoms with Gasteiger partial charge in [0, 0.05) is 12.2 Å². The number of nitrogens with zero attached hydrogens (tertiary/aromatic N) is 1. The number of carbonyl (C=O) groups excluding carboxylic acids is 1. The number of aliphatic hydroxyl groups is 1. The van der Waals surface area contributed by atoms with Crippen molar-refractivity contribution < 1.29 is 14.3 Å². The Labute approximate surface area is 113 Å². The molecule has 1 atom stereocenters. The number of hydrogen-bond acceptors (Lipinski definition) is 2. The standard InChI is InChI=1S/C12H14BrFN2O2/c13-10-6-8(3-4-11(10)14)15-12(18)16-5-1-2-9(16)7-17/h3-4,6,9,17H,1-2,5,7H2,(H,15,18)/t9-/m1/s1. The lowest BCUT2D eigenvalue weighted by Crippen LogP contribution is -2.40. The van der Waals surface area contributed by atoms with E-state index in [-0.39, 0.29) is 24.5 Å². The van der Waals surface area contributed by atoms with E-state index in [0.717, 1.165) is 12.8 Å². The first-order chi connectivity index (χ1) is 8.61. The highest BCUT2D eigenvalue weighted by Gasteiger charge is 2.28. The van der Waals surface area contributed by atoms with Crippen LogP contribution in [0, 0.1) is 5.82 Å². The Morgan fingerprint density at radius 2 is 2.39 bits per heavy atom. The molecule has 1 aromatic carbocycles. The highest BCUT2D eigenvalue weighted by atomic mass is 79.9. The van der Waals surface area contributed by atoms with Gasteiger partial charge in [-0.1, -0.05) is 0 Å². The van der Waals surface area contributed by atoms with Crippen LogP contribution in [0.5, 0.6) is 0 Å². The third-order valence-electron chi connectivity index (χ3n) is 3.02. The maximum atomic E-state index is 13.1. The Kier molecular flexibility index (Phi) is 4.19. The summed E-state index contributed by atoms with van der Waals surface area (Å²) < 4.78 is 13.4. The van der Waals surface area contributed by atoms with Crippen molar-refractivity contribution in [2.45, 2.75) is 18.9 Å². The van der Waals surface area contributed by atoms with Gasteiger partial charge in [0.25, 0.3) is 0 Å². The Hall–Kier alpha value is -1.14. The lowest BCUT2D eigenvalue weighted by Gasteiger charge is -2.23. The van der Waals surface area contributed by atoms with Crippen LogP contribution >= 0.6 is 15.9 Å². The van der Waals surface area contributed by atoms with Crippen molar-refractivity contribution >= 4 is 27.6 Å². The second kappa shape index (κ2) is 5.67. The first-order valence-electron chi connectivity index (χ1n) is 5.75. The van der Waals surface area contributed by atoms with Crippen molar-refractivity contribution in [1.82, 2.24) is 4.90 Å². The predicted octanol–water partition coefficient (Wildman–Crippen LogP) is 2.58. The van der Waals surface area contributed by atoms with Gasteiger partial charge < -0.3 is 15.3 Å². The third-order valence-corrected chi connectivity index (χ3v) is 3.63. The molecule has 1 aliphatic rings. The van der Waals surface area contributed by atoms with E-state index in [2.05, 4.69) is 21.2 Å². The Balaban J connectivity index is 2.04. The van der Waals surface area contributed by atoms with Crippen molar-refractivity contribution in [3.63, 3.8) is 0 Å². The second-order valence-corrected chi connectivity index (χ2v) is 5.09. The number of hydrogen-bond donors (Lipinski definition) is 2. The second-order valence-electron chi connectivity index (χ2n) is 4.23. The minimum Gasteiger partial charge on any atom is -0.394 e. The van der Waals surface area contributed by atoms with Crippen LogP contribution in [-0.2, 0) is 0 Å².